The number of aromatic nitrogens is 1. The summed E-state index contributed by atoms with van der Waals surface area (Å²) in [6.45, 7) is 4.79. The highest BCUT2D eigenvalue weighted by Crippen LogP contribution is 2.06. The number of halogens is 1. The van der Waals surface area contributed by atoms with Crippen LogP contribution >= 0.6 is 0 Å². The summed E-state index contributed by atoms with van der Waals surface area (Å²) in [5, 5.41) is 0.816. The van der Waals surface area contributed by atoms with Gasteiger partial charge in [0.15, 0.2) is 0 Å². The van der Waals surface area contributed by atoms with Crippen LogP contribution in [0.25, 0.3) is 0 Å². The van der Waals surface area contributed by atoms with Crippen molar-refractivity contribution in [3.05, 3.63) is 41.3 Å². The van der Waals surface area contributed by atoms with Crippen LogP contribution in [-0.4, -0.2) is 13.4 Å². The van der Waals surface area contributed by atoms with Crippen molar-refractivity contribution in [1.29, 1.82) is 0 Å². The van der Waals surface area contributed by atoms with Crippen molar-refractivity contribution in [3.8, 4) is 0 Å². The van der Waals surface area contributed by atoms with Crippen LogP contribution in [0, 0.1) is 12.9 Å². The zero-order valence-electron chi connectivity index (χ0n) is 8.20. The lowest BCUT2D eigenvalue weighted by atomic mass is 10.2. The lowest BCUT2D eigenvalue weighted by Gasteiger charge is -2.03. The lowest BCUT2D eigenvalue weighted by molar-refractivity contribution is 0.571. The monoisotopic (exact) mass is 230 g/mol. The van der Waals surface area contributed by atoms with Crippen LogP contribution in [0.2, 0.25) is 0 Å². The summed E-state index contributed by atoms with van der Waals surface area (Å²) >= 11 is 0. The van der Waals surface area contributed by atoms with Crippen molar-refractivity contribution in [2.75, 3.05) is 0 Å². The Morgan fingerprint density at radius 3 is 2.87 bits per heavy atom. The first-order valence-electron chi connectivity index (χ1n) is 4.18. The average Bonchev–Trinajstić information content (AvgIpc) is 2.20. The Labute approximate surface area is 87.9 Å². The minimum absolute atomic E-state index is 0.0719. The molecule has 1 heterocycles. The number of rotatable bonds is 4. The zero-order chi connectivity index (χ0) is 11.5. The van der Waals surface area contributed by atoms with E-state index in [4.69, 9.17) is 0 Å². The van der Waals surface area contributed by atoms with E-state index >= 15 is 0 Å². The van der Waals surface area contributed by atoms with E-state index in [1.807, 2.05) is 0 Å². The minimum atomic E-state index is -3.45. The maximum atomic E-state index is 12.8. The molecule has 0 spiro atoms. The van der Waals surface area contributed by atoms with E-state index in [0.717, 1.165) is 5.41 Å². The largest absolute Gasteiger partial charge is 0.233 e. The van der Waals surface area contributed by atoms with Gasteiger partial charge in [-0.25, -0.2) is 18.1 Å². The van der Waals surface area contributed by atoms with E-state index in [2.05, 4.69) is 16.3 Å². The van der Waals surface area contributed by atoms with E-state index < -0.39 is 16.0 Å². The predicted molar refractivity (Wildman–Crippen MR) is 54.9 cm³/mol. The van der Waals surface area contributed by atoms with E-state index in [1.54, 1.807) is 6.92 Å². The smallest absolute Gasteiger partial charge is 0.228 e. The number of nitrogens with one attached hydrogen (secondary N) is 1. The van der Waals surface area contributed by atoms with Gasteiger partial charge in [0.05, 0.1) is 0 Å². The molecule has 0 aromatic carbocycles. The molecule has 0 unspecified atom stereocenters. The van der Waals surface area contributed by atoms with Gasteiger partial charge in [0, 0.05) is 23.7 Å². The molecule has 0 amide bonds. The van der Waals surface area contributed by atoms with Gasteiger partial charge in [0.25, 0.3) is 0 Å². The SMILES string of the molecule is C=CS(=O)(=O)NCc1cnc(F)c(C)c1. The van der Waals surface area contributed by atoms with Crippen LogP contribution in [-0.2, 0) is 16.6 Å². The number of pyridine rings is 1. The molecule has 1 rings (SSSR count). The predicted octanol–water partition coefficient (Wildman–Crippen LogP) is 1.09. The fourth-order valence-corrected chi connectivity index (χ4v) is 1.44. The van der Waals surface area contributed by atoms with Gasteiger partial charge in [-0.05, 0) is 18.6 Å². The standard InChI is InChI=1S/C9H11FN2O2S/c1-3-15(13,14)12-6-8-4-7(2)9(10)11-5-8/h3-5,12H,1,6H2,2H3. The quantitative estimate of drug-likeness (QED) is 0.788. The van der Waals surface area contributed by atoms with Crippen molar-refractivity contribution < 1.29 is 12.8 Å². The van der Waals surface area contributed by atoms with Crippen LogP contribution < -0.4 is 4.72 Å². The Morgan fingerprint density at radius 1 is 1.67 bits per heavy atom. The number of sulfonamides is 1. The Bertz CT molecular complexity index is 471. The molecule has 4 nitrogen and oxygen atoms in total. The molecule has 0 saturated carbocycles. The fourth-order valence-electron chi connectivity index (χ4n) is 0.956. The minimum Gasteiger partial charge on any atom is -0.228 e. The average molecular weight is 230 g/mol. The van der Waals surface area contributed by atoms with Crippen molar-refractivity contribution >= 4 is 10.0 Å². The third-order valence-corrected chi connectivity index (χ3v) is 2.75. The second kappa shape index (κ2) is 4.50. The van der Waals surface area contributed by atoms with Gasteiger partial charge in [-0.3, -0.25) is 0 Å². The van der Waals surface area contributed by atoms with Gasteiger partial charge in [-0.2, -0.15) is 4.39 Å². The van der Waals surface area contributed by atoms with Gasteiger partial charge in [-0.1, -0.05) is 6.58 Å². The second-order valence-corrected chi connectivity index (χ2v) is 4.70. The third kappa shape index (κ3) is 3.41. The second-order valence-electron chi connectivity index (χ2n) is 2.98. The molecule has 1 aromatic rings. The maximum Gasteiger partial charge on any atom is 0.233 e. The summed E-state index contributed by atoms with van der Waals surface area (Å²) in [6, 6.07) is 1.54. The van der Waals surface area contributed by atoms with Crippen LogP contribution in [0.5, 0.6) is 0 Å². The van der Waals surface area contributed by atoms with Gasteiger partial charge < -0.3 is 0 Å². The number of nitrogens with zero attached hydrogens (tertiary/aromatic N) is 1. The van der Waals surface area contributed by atoms with Crippen molar-refractivity contribution in [2.24, 2.45) is 0 Å². The van der Waals surface area contributed by atoms with E-state index in [0.29, 0.717) is 11.1 Å². The lowest BCUT2D eigenvalue weighted by Crippen LogP contribution is -2.20. The Kier molecular flexibility index (Phi) is 3.54. The van der Waals surface area contributed by atoms with Crippen molar-refractivity contribution in [2.45, 2.75) is 13.5 Å². The van der Waals surface area contributed by atoms with Crippen molar-refractivity contribution in [3.63, 3.8) is 0 Å². The molecule has 0 radical (unpaired) electrons. The highest BCUT2D eigenvalue weighted by atomic mass is 32.2. The Morgan fingerprint density at radius 2 is 2.33 bits per heavy atom. The molecule has 1 aromatic heterocycles. The first kappa shape index (κ1) is 11.8. The zero-order valence-corrected chi connectivity index (χ0v) is 9.01. The van der Waals surface area contributed by atoms with Crippen LogP contribution in [0.1, 0.15) is 11.1 Å². The van der Waals surface area contributed by atoms with Crippen LogP contribution in [0.4, 0.5) is 4.39 Å². The van der Waals surface area contributed by atoms with Crippen LogP contribution in [0.3, 0.4) is 0 Å². The number of hydrogen-bond acceptors (Lipinski definition) is 3. The molecule has 0 fully saturated rings. The van der Waals surface area contributed by atoms with Crippen LogP contribution in [0.15, 0.2) is 24.3 Å². The summed E-state index contributed by atoms with van der Waals surface area (Å²) in [6.07, 6.45) is 1.29. The topological polar surface area (TPSA) is 59.1 Å². The van der Waals surface area contributed by atoms with E-state index in [-0.39, 0.29) is 6.54 Å². The van der Waals surface area contributed by atoms with Gasteiger partial charge >= 0.3 is 0 Å². The summed E-state index contributed by atoms with van der Waals surface area (Å²) in [5.41, 5.74) is 0.977. The molecule has 0 atom stereocenters. The van der Waals surface area contributed by atoms with Gasteiger partial charge in [-0.15, -0.1) is 0 Å². The number of hydrogen-bond donors (Lipinski definition) is 1. The molecule has 82 valence electrons. The Hall–Kier alpha value is -1.27. The normalized spacial score (nSPS) is 11.3. The van der Waals surface area contributed by atoms with Gasteiger partial charge in [0.2, 0.25) is 16.0 Å². The molecule has 0 aliphatic carbocycles. The first-order chi connectivity index (χ1) is 6.94. The molecule has 0 bridgehead atoms. The molecule has 1 N–H and O–H groups in total. The summed E-state index contributed by atoms with van der Waals surface area (Å²) in [4.78, 5) is 3.48. The summed E-state index contributed by atoms with van der Waals surface area (Å²) in [7, 11) is -3.45. The maximum absolute atomic E-state index is 12.8. The molecular formula is C9H11FN2O2S. The number of aryl methyl sites for hydroxylation is 1. The van der Waals surface area contributed by atoms with Gasteiger partial charge in [0.1, 0.15) is 0 Å². The molecule has 6 heteroatoms. The molecule has 15 heavy (non-hydrogen) atoms. The summed E-state index contributed by atoms with van der Waals surface area (Å²) < 4.78 is 37.0. The molecular weight excluding hydrogens is 219 g/mol. The van der Waals surface area contributed by atoms with Crippen molar-refractivity contribution in [1.82, 2.24) is 9.71 Å². The molecule has 0 aliphatic rings. The first-order valence-corrected chi connectivity index (χ1v) is 5.72. The van der Waals surface area contributed by atoms with E-state index in [9.17, 15) is 12.8 Å². The third-order valence-electron chi connectivity index (χ3n) is 1.77. The molecule has 0 saturated heterocycles. The molecule has 0 aliphatic heterocycles. The highest BCUT2D eigenvalue weighted by Gasteiger charge is 2.05. The summed E-state index contributed by atoms with van der Waals surface area (Å²) in [5.74, 6) is -0.551. The van der Waals surface area contributed by atoms with E-state index in [1.165, 1.54) is 12.3 Å². The fraction of sp³-hybridized carbons (Fsp3) is 0.222. The highest BCUT2D eigenvalue weighted by molar-refractivity contribution is 7.92. The Balaban J connectivity index is 2.75.